The van der Waals surface area contributed by atoms with Crippen LogP contribution in [-0.4, -0.2) is 46.5 Å². The smallest absolute Gasteiger partial charge is 0.453 e. The molecule has 1 aromatic carbocycles. The molecule has 2 aromatic rings. The highest BCUT2D eigenvalue weighted by Crippen LogP contribution is 2.37. The number of rotatable bonds is 6. The first-order valence-corrected chi connectivity index (χ1v) is 7.21. The van der Waals surface area contributed by atoms with Crippen LogP contribution in [0, 0.1) is 0 Å². The Hall–Kier alpha value is -2.85. The monoisotopic (exact) mass is 360 g/mol. The number of hydrogen-bond donors (Lipinski definition) is 0. The zero-order valence-corrected chi connectivity index (χ0v) is 13.6. The van der Waals surface area contributed by atoms with Gasteiger partial charge in [-0.15, -0.1) is 5.10 Å². The third-order valence-electron chi connectivity index (χ3n) is 3.03. The van der Waals surface area contributed by atoms with Crippen molar-refractivity contribution in [2.75, 3.05) is 20.3 Å². The van der Waals surface area contributed by atoms with E-state index in [2.05, 4.69) is 15.5 Å². The van der Waals surface area contributed by atoms with E-state index in [0.29, 0.717) is 4.68 Å². The highest BCUT2D eigenvalue weighted by atomic mass is 19.4. The Bertz CT molecular complexity index is 761. The molecule has 0 bridgehead atoms. The van der Waals surface area contributed by atoms with Gasteiger partial charge in [0.1, 0.15) is 17.0 Å². The van der Waals surface area contributed by atoms with Crippen LogP contribution in [0.4, 0.5) is 13.2 Å². The summed E-state index contributed by atoms with van der Waals surface area (Å²) in [4.78, 5) is 12.1. The van der Waals surface area contributed by atoms with Crippen molar-refractivity contribution >= 4 is 5.97 Å². The van der Waals surface area contributed by atoms with Crippen LogP contribution in [0.2, 0.25) is 0 Å². The maximum Gasteiger partial charge on any atom is 0.453 e. The van der Waals surface area contributed by atoms with Crippen LogP contribution in [0.15, 0.2) is 12.1 Å². The normalized spacial score (nSPS) is 11.3. The number of aromatic nitrogens is 4. The number of halogens is 3. The van der Waals surface area contributed by atoms with Crippen molar-refractivity contribution in [1.29, 1.82) is 0 Å². The lowest BCUT2D eigenvalue weighted by Crippen LogP contribution is -2.17. The zero-order valence-electron chi connectivity index (χ0n) is 13.6. The van der Waals surface area contributed by atoms with Crippen LogP contribution in [0.5, 0.6) is 11.5 Å². The van der Waals surface area contributed by atoms with Gasteiger partial charge in [-0.1, -0.05) is 0 Å². The number of carbonyl (C=O) groups is 1. The maximum atomic E-state index is 13.1. The van der Waals surface area contributed by atoms with Gasteiger partial charge in [0.05, 0.1) is 20.3 Å². The molecule has 0 saturated heterocycles. The minimum absolute atomic E-state index is 0.0794. The molecule has 0 spiro atoms. The average Bonchev–Trinajstić information content (AvgIpc) is 3.05. The fourth-order valence-corrected chi connectivity index (χ4v) is 2.11. The molecule has 0 aliphatic rings. The summed E-state index contributed by atoms with van der Waals surface area (Å²) in [6, 6.07) is 2.60. The molecule has 25 heavy (non-hydrogen) atoms. The van der Waals surface area contributed by atoms with E-state index in [9.17, 15) is 18.0 Å². The second-order valence-corrected chi connectivity index (χ2v) is 4.56. The Labute approximate surface area is 140 Å². The average molecular weight is 360 g/mol. The largest absolute Gasteiger partial charge is 0.493 e. The van der Waals surface area contributed by atoms with E-state index in [4.69, 9.17) is 14.2 Å². The molecule has 136 valence electrons. The molecule has 11 heteroatoms. The standard InChI is InChI=1S/C14H15F3N4O4/c1-4-24-9-7-6-8(11(25-5-2)10(9)12(22)23-3)21-13(14(15,16)17)18-19-20-21/h6-7H,4-5H2,1-3H3. The zero-order chi connectivity index (χ0) is 18.6. The Morgan fingerprint density at radius 3 is 2.44 bits per heavy atom. The molecular weight excluding hydrogens is 345 g/mol. The summed E-state index contributed by atoms with van der Waals surface area (Å²) in [6.07, 6.45) is -4.79. The summed E-state index contributed by atoms with van der Waals surface area (Å²) in [5.41, 5.74) is -0.310. The van der Waals surface area contributed by atoms with Crippen molar-refractivity contribution in [3.8, 4) is 17.2 Å². The predicted molar refractivity (Wildman–Crippen MR) is 77.8 cm³/mol. The van der Waals surface area contributed by atoms with Gasteiger partial charge in [-0.3, -0.25) is 0 Å². The molecule has 0 atom stereocenters. The van der Waals surface area contributed by atoms with E-state index in [1.165, 1.54) is 12.1 Å². The van der Waals surface area contributed by atoms with E-state index in [-0.39, 0.29) is 36.0 Å². The van der Waals surface area contributed by atoms with Crippen molar-refractivity contribution in [3.63, 3.8) is 0 Å². The first kappa shape index (κ1) is 18.5. The summed E-state index contributed by atoms with van der Waals surface area (Å²) < 4.78 is 55.2. The van der Waals surface area contributed by atoms with Gasteiger partial charge in [0.25, 0.3) is 5.82 Å². The third-order valence-corrected chi connectivity index (χ3v) is 3.03. The van der Waals surface area contributed by atoms with Crippen molar-refractivity contribution < 1.29 is 32.2 Å². The Balaban J connectivity index is 2.75. The van der Waals surface area contributed by atoms with Gasteiger partial charge in [0.2, 0.25) is 0 Å². The van der Waals surface area contributed by atoms with Gasteiger partial charge in [0, 0.05) is 0 Å². The SMILES string of the molecule is CCOc1ccc(-n2nnnc2C(F)(F)F)c(OCC)c1C(=O)OC. The minimum atomic E-state index is -4.79. The topological polar surface area (TPSA) is 88.4 Å². The lowest BCUT2D eigenvalue weighted by Gasteiger charge is -2.17. The lowest BCUT2D eigenvalue weighted by molar-refractivity contribution is -0.146. The van der Waals surface area contributed by atoms with E-state index in [1.807, 2.05) is 0 Å². The first-order chi connectivity index (χ1) is 11.8. The summed E-state index contributed by atoms with van der Waals surface area (Å²) in [5.74, 6) is -2.23. The number of alkyl halides is 3. The van der Waals surface area contributed by atoms with Crippen molar-refractivity contribution in [2.45, 2.75) is 20.0 Å². The molecule has 1 heterocycles. The van der Waals surface area contributed by atoms with Gasteiger partial charge in [-0.2, -0.15) is 17.9 Å². The maximum absolute atomic E-state index is 13.1. The number of nitrogens with zero attached hydrogens (tertiary/aromatic N) is 4. The van der Waals surface area contributed by atoms with Crippen LogP contribution < -0.4 is 9.47 Å². The number of esters is 1. The van der Waals surface area contributed by atoms with Crippen LogP contribution in [0.1, 0.15) is 30.0 Å². The Morgan fingerprint density at radius 1 is 1.20 bits per heavy atom. The van der Waals surface area contributed by atoms with Gasteiger partial charge in [-0.05, 0) is 36.4 Å². The number of benzene rings is 1. The summed E-state index contributed by atoms with van der Waals surface area (Å²) in [7, 11) is 1.14. The van der Waals surface area contributed by atoms with E-state index in [0.717, 1.165) is 7.11 Å². The second kappa shape index (κ2) is 7.36. The van der Waals surface area contributed by atoms with Crippen LogP contribution >= 0.6 is 0 Å². The molecule has 0 radical (unpaired) electrons. The van der Waals surface area contributed by atoms with Gasteiger partial charge in [0.15, 0.2) is 5.75 Å². The van der Waals surface area contributed by atoms with Crippen molar-refractivity contribution in [2.24, 2.45) is 0 Å². The summed E-state index contributed by atoms with van der Waals surface area (Å²) in [6.45, 7) is 3.62. The Morgan fingerprint density at radius 2 is 1.88 bits per heavy atom. The molecule has 0 unspecified atom stereocenters. The lowest BCUT2D eigenvalue weighted by atomic mass is 10.1. The third kappa shape index (κ3) is 3.64. The minimum Gasteiger partial charge on any atom is -0.493 e. The van der Waals surface area contributed by atoms with E-state index in [1.54, 1.807) is 13.8 Å². The number of hydrogen-bond acceptors (Lipinski definition) is 7. The Kier molecular flexibility index (Phi) is 5.45. The quantitative estimate of drug-likeness (QED) is 0.730. The van der Waals surface area contributed by atoms with Crippen LogP contribution in [0.3, 0.4) is 0 Å². The second-order valence-electron chi connectivity index (χ2n) is 4.56. The summed E-state index contributed by atoms with van der Waals surface area (Å²) >= 11 is 0. The molecule has 0 fully saturated rings. The molecule has 8 nitrogen and oxygen atoms in total. The predicted octanol–water partition coefficient (Wildman–Crippen LogP) is 2.27. The highest BCUT2D eigenvalue weighted by molar-refractivity contribution is 5.97. The fraction of sp³-hybridized carbons (Fsp3) is 0.429. The molecule has 0 amide bonds. The summed E-state index contributed by atoms with van der Waals surface area (Å²) in [5, 5.41) is 9.41. The molecule has 0 saturated carbocycles. The number of tetrazole rings is 1. The first-order valence-electron chi connectivity index (χ1n) is 7.21. The molecule has 0 aliphatic heterocycles. The number of methoxy groups -OCH3 is 1. The fourth-order valence-electron chi connectivity index (χ4n) is 2.11. The van der Waals surface area contributed by atoms with Crippen LogP contribution in [0.25, 0.3) is 5.69 Å². The molecular formula is C14H15F3N4O4. The van der Waals surface area contributed by atoms with E-state index < -0.39 is 18.0 Å². The molecule has 0 aliphatic carbocycles. The molecule has 2 rings (SSSR count). The van der Waals surface area contributed by atoms with E-state index >= 15 is 0 Å². The number of ether oxygens (including phenoxy) is 3. The molecule has 0 N–H and O–H groups in total. The van der Waals surface area contributed by atoms with Gasteiger partial charge >= 0.3 is 12.1 Å². The van der Waals surface area contributed by atoms with Gasteiger partial charge < -0.3 is 14.2 Å². The van der Waals surface area contributed by atoms with Crippen LogP contribution in [-0.2, 0) is 10.9 Å². The van der Waals surface area contributed by atoms with Crippen molar-refractivity contribution in [1.82, 2.24) is 20.2 Å². The highest BCUT2D eigenvalue weighted by Gasteiger charge is 2.39. The number of carbonyl (C=O) groups excluding carboxylic acids is 1. The molecule has 1 aromatic heterocycles. The van der Waals surface area contributed by atoms with Gasteiger partial charge in [-0.25, -0.2) is 4.79 Å². The van der Waals surface area contributed by atoms with Crippen molar-refractivity contribution in [3.05, 3.63) is 23.5 Å².